The number of aryl methyl sites for hydroxylation is 1. The number of rotatable bonds is 5. The molecular formula is C15H17ClN2O2. The zero-order valence-corrected chi connectivity index (χ0v) is 12.2. The molecule has 0 saturated carbocycles. The van der Waals surface area contributed by atoms with E-state index in [1.165, 1.54) is 0 Å². The van der Waals surface area contributed by atoms with Crippen LogP contribution in [-0.2, 0) is 4.79 Å². The maximum Gasteiger partial charge on any atom is 0.238 e. The van der Waals surface area contributed by atoms with Crippen LogP contribution < -0.4 is 10.6 Å². The quantitative estimate of drug-likeness (QED) is 0.886. The van der Waals surface area contributed by atoms with Crippen molar-refractivity contribution in [2.24, 2.45) is 0 Å². The number of hydrogen-bond donors (Lipinski definition) is 2. The van der Waals surface area contributed by atoms with E-state index in [2.05, 4.69) is 10.6 Å². The molecule has 5 heteroatoms. The van der Waals surface area contributed by atoms with E-state index in [0.717, 1.165) is 11.3 Å². The van der Waals surface area contributed by atoms with Gasteiger partial charge in [-0.1, -0.05) is 17.7 Å². The van der Waals surface area contributed by atoms with Crippen molar-refractivity contribution in [2.75, 3.05) is 11.9 Å². The highest BCUT2D eigenvalue weighted by Gasteiger charge is 2.10. The fourth-order valence-corrected chi connectivity index (χ4v) is 1.94. The topological polar surface area (TPSA) is 54.3 Å². The van der Waals surface area contributed by atoms with Crippen molar-refractivity contribution in [1.82, 2.24) is 5.32 Å². The van der Waals surface area contributed by atoms with E-state index in [1.807, 2.05) is 38.1 Å². The van der Waals surface area contributed by atoms with Crippen LogP contribution in [0.4, 0.5) is 5.69 Å². The predicted molar refractivity (Wildman–Crippen MR) is 79.9 cm³/mol. The van der Waals surface area contributed by atoms with Gasteiger partial charge in [-0.3, -0.25) is 10.1 Å². The third-order valence-corrected chi connectivity index (χ3v) is 3.40. The van der Waals surface area contributed by atoms with Crippen LogP contribution in [0.2, 0.25) is 5.02 Å². The largest absolute Gasteiger partial charge is 0.468 e. The second kappa shape index (κ2) is 6.59. The maximum atomic E-state index is 11.8. The Morgan fingerprint density at radius 1 is 1.40 bits per heavy atom. The van der Waals surface area contributed by atoms with Gasteiger partial charge in [0, 0.05) is 10.7 Å². The first-order chi connectivity index (χ1) is 9.56. The summed E-state index contributed by atoms with van der Waals surface area (Å²) in [5.74, 6) is 0.680. The summed E-state index contributed by atoms with van der Waals surface area (Å²) in [6.07, 6.45) is 1.61. The van der Waals surface area contributed by atoms with Crippen molar-refractivity contribution in [1.29, 1.82) is 0 Å². The zero-order chi connectivity index (χ0) is 14.5. The van der Waals surface area contributed by atoms with Gasteiger partial charge in [-0.25, -0.2) is 0 Å². The molecule has 20 heavy (non-hydrogen) atoms. The molecule has 2 aromatic rings. The lowest BCUT2D eigenvalue weighted by Gasteiger charge is -2.11. The summed E-state index contributed by atoms with van der Waals surface area (Å²) in [5.41, 5.74) is 1.67. The van der Waals surface area contributed by atoms with E-state index in [0.29, 0.717) is 10.7 Å². The number of carbonyl (C=O) groups is 1. The van der Waals surface area contributed by atoms with Crippen LogP contribution in [0.25, 0.3) is 0 Å². The van der Waals surface area contributed by atoms with E-state index in [4.69, 9.17) is 16.0 Å². The number of nitrogens with one attached hydrogen (secondary N) is 2. The molecule has 0 radical (unpaired) electrons. The SMILES string of the molecule is Cc1ccc(NC(=O)CN[C@H](C)c2ccco2)cc1Cl. The molecule has 1 aromatic carbocycles. The van der Waals surface area contributed by atoms with Gasteiger partial charge < -0.3 is 9.73 Å². The summed E-state index contributed by atoms with van der Waals surface area (Å²) in [6, 6.07) is 9.12. The number of benzene rings is 1. The van der Waals surface area contributed by atoms with Crippen molar-refractivity contribution in [3.8, 4) is 0 Å². The highest BCUT2D eigenvalue weighted by molar-refractivity contribution is 6.31. The van der Waals surface area contributed by atoms with Crippen LogP contribution in [0.3, 0.4) is 0 Å². The van der Waals surface area contributed by atoms with E-state index in [-0.39, 0.29) is 18.5 Å². The van der Waals surface area contributed by atoms with Gasteiger partial charge in [0.25, 0.3) is 0 Å². The van der Waals surface area contributed by atoms with Gasteiger partial charge in [-0.05, 0) is 43.7 Å². The van der Waals surface area contributed by atoms with Crippen molar-refractivity contribution >= 4 is 23.2 Å². The van der Waals surface area contributed by atoms with Crippen molar-refractivity contribution < 1.29 is 9.21 Å². The van der Waals surface area contributed by atoms with Crippen molar-refractivity contribution in [3.63, 3.8) is 0 Å². The van der Waals surface area contributed by atoms with Gasteiger partial charge in [0.05, 0.1) is 18.8 Å². The molecule has 1 aromatic heterocycles. The monoisotopic (exact) mass is 292 g/mol. The highest BCUT2D eigenvalue weighted by Crippen LogP contribution is 2.19. The number of amides is 1. The molecular weight excluding hydrogens is 276 g/mol. The second-order valence-electron chi connectivity index (χ2n) is 4.63. The number of anilines is 1. The Hall–Kier alpha value is -1.78. The molecule has 1 heterocycles. The van der Waals surface area contributed by atoms with Crippen molar-refractivity contribution in [3.05, 3.63) is 52.9 Å². The van der Waals surface area contributed by atoms with Gasteiger partial charge in [-0.15, -0.1) is 0 Å². The van der Waals surface area contributed by atoms with Crippen LogP contribution >= 0.6 is 11.6 Å². The summed E-state index contributed by atoms with van der Waals surface area (Å²) in [6.45, 7) is 4.06. The number of furan rings is 1. The molecule has 1 atom stereocenters. The second-order valence-corrected chi connectivity index (χ2v) is 5.04. The smallest absolute Gasteiger partial charge is 0.238 e. The van der Waals surface area contributed by atoms with Gasteiger partial charge in [0.1, 0.15) is 5.76 Å². The third kappa shape index (κ3) is 3.85. The molecule has 0 spiro atoms. The Morgan fingerprint density at radius 2 is 2.20 bits per heavy atom. The Morgan fingerprint density at radius 3 is 2.85 bits per heavy atom. The Labute approximate surface area is 123 Å². The lowest BCUT2D eigenvalue weighted by atomic mass is 10.2. The molecule has 2 N–H and O–H groups in total. The molecule has 0 aliphatic carbocycles. The average Bonchev–Trinajstić information content (AvgIpc) is 2.94. The molecule has 0 unspecified atom stereocenters. The highest BCUT2D eigenvalue weighted by atomic mass is 35.5. The molecule has 4 nitrogen and oxygen atoms in total. The van der Waals surface area contributed by atoms with Gasteiger partial charge in [0.2, 0.25) is 5.91 Å². The fourth-order valence-electron chi connectivity index (χ4n) is 1.76. The maximum absolute atomic E-state index is 11.8. The summed E-state index contributed by atoms with van der Waals surface area (Å²) >= 11 is 6.01. The molecule has 2 rings (SSSR count). The first kappa shape index (κ1) is 14.6. The molecule has 0 bridgehead atoms. The van der Waals surface area contributed by atoms with E-state index >= 15 is 0 Å². The average molecular weight is 293 g/mol. The Balaban J connectivity index is 1.85. The van der Waals surface area contributed by atoms with Crippen LogP contribution in [0.1, 0.15) is 24.3 Å². The molecule has 0 saturated heterocycles. The minimum Gasteiger partial charge on any atom is -0.468 e. The van der Waals surface area contributed by atoms with Gasteiger partial charge >= 0.3 is 0 Å². The summed E-state index contributed by atoms with van der Waals surface area (Å²) < 4.78 is 5.26. The van der Waals surface area contributed by atoms with E-state index < -0.39 is 0 Å². The lowest BCUT2D eigenvalue weighted by molar-refractivity contribution is -0.115. The third-order valence-electron chi connectivity index (χ3n) is 2.99. The van der Waals surface area contributed by atoms with E-state index in [1.54, 1.807) is 12.3 Å². The van der Waals surface area contributed by atoms with Crippen LogP contribution in [-0.4, -0.2) is 12.5 Å². The first-order valence-corrected chi connectivity index (χ1v) is 6.77. The van der Waals surface area contributed by atoms with E-state index in [9.17, 15) is 4.79 Å². The summed E-state index contributed by atoms with van der Waals surface area (Å²) in [4.78, 5) is 11.8. The number of halogens is 1. The molecule has 1 amide bonds. The Bertz CT molecular complexity index is 582. The first-order valence-electron chi connectivity index (χ1n) is 6.39. The molecule has 0 aliphatic heterocycles. The fraction of sp³-hybridized carbons (Fsp3) is 0.267. The lowest BCUT2D eigenvalue weighted by Crippen LogP contribution is -2.29. The zero-order valence-electron chi connectivity index (χ0n) is 11.4. The summed E-state index contributed by atoms with van der Waals surface area (Å²) in [7, 11) is 0. The van der Waals surface area contributed by atoms with Gasteiger partial charge in [0.15, 0.2) is 0 Å². The van der Waals surface area contributed by atoms with Crippen LogP contribution in [0.5, 0.6) is 0 Å². The van der Waals surface area contributed by atoms with Crippen LogP contribution in [0, 0.1) is 6.92 Å². The molecule has 106 valence electrons. The molecule has 0 aliphatic rings. The minimum atomic E-state index is -0.122. The molecule has 0 fully saturated rings. The van der Waals surface area contributed by atoms with Gasteiger partial charge in [-0.2, -0.15) is 0 Å². The summed E-state index contributed by atoms with van der Waals surface area (Å²) in [5, 5.41) is 6.52. The number of carbonyl (C=O) groups excluding carboxylic acids is 1. The van der Waals surface area contributed by atoms with Crippen LogP contribution in [0.15, 0.2) is 41.0 Å². The standard InChI is InChI=1S/C15H17ClN2O2/c1-10-5-6-12(8-13(10)16)18-15(19)9-17-11(2)14-4-3-7-20-14/h3-8,11,17H,9H2,1-2H3,(H,18,19)/t11-/m1/s1. The predicted octanol–water partition coefficient (Wildman–Crippen LogP) is 3.53. The normalized spacial score (nSPS) is 12.2. The van der Waals surface area contributed by atoms with Crippen molar-refractivity contribution in [2.45, 2.75) is 19.9 Å². The minimum absolute atomic E-state index is 0.0163. The number of hydrogen-bond acceptors (Lipinski definition) is 3. The Kier molecular flexibility index (Phi) is 4.82.